The second-order valence-electron chi connectivity index (χ2n) is 9.99. The Morgan fingerprint density at radius 3 is 2.18 bits per heavy atom. The van der Waals surface area contributed by atoms with Crippen LogP contribution < -0.4 is 4.90 Å². The van der Waals surface area contributed by atoms with Crippen LogP contribution in [0.2, 0.25) is 0 Å². The summed E-state index contributed by atoms with van der Waals surface area (Å²) < 4.78 is 0. The van der Waals surface area contributed by atoms with Gasteiger partial charge in [0, 0.05) is 18.7 Å². The van der Waals surface area contributed by atoms with Crippen LogP contribution in [-0.4, -0.2) is 35.7 Å². The van der Waals surface area contributed by atoms with Crippen molar-refractivity contribution >= 4 is 23.4 Å². The van der Waals surface area contributed by atoms with E-state index >= 15 is 0 Å². The standard InChI is InChI=1S/C28H28N2O3/c31-26(29-13-11-19(12-14-29)15-18-5-2-1-3-6-18)22-7-4-8-23(17-22)30-27(32)24-20-9-10-21(16-20)25(24)28(30)33/h1-10,17,19-21,24-25H,11-16H2. The summed E-state index contributed by atoms with van der Waals surface area (Å²) in [5, 5.41) is 0. The van der Waals surface area contributed by atoms with Gasteiger partial charge in [0.05, 0.1) is 17.5 Å². The van der Waals surface area contributed by atoms with Crippen molar-refractivity contribution in [3.8, 4) is 0 Å². The molecule has 0 aromatic heterocycles. The molecule has 4 aliphatic rings. The van der Waals surface area contributed by atoms with Crippen molar-refractivity contribution in [3.63, 3.8) is 0 Å². The molecule has 5 heteroatoms. The van der Waals surface area contributed by atoms with Crippen molar-refractivity contribution in [2.45, 2.75) is 25.7 Å². The van der Waals surface area contributed by atoms with Gasteiger partial charge in [-0.1, -0.05) is 48.6 Å². The molecule has 2 aliphatic carbocycles. The van der Waals surface area contributed by atoms with Gasteiger partial charge in [-0.2, -0.15) is 0 Å². The van der Waals surface area contributed by atoms with Crippen molar-refractivity contribution in [2.75, 3.05) is 18.0 Å². The number of amides is 3. The van der Waals surface area contributed by atoms with Crippen LogP contribution in [0.3, 0.4) is 0 Å². The number of nitrogens with zero attached hydrogens (tertiary/aromatic N) is 2. The first kappa shape index (κ1) is 20.4. The van der Waals surface area contributed by atoms with Crippen LogP contribution in [0.15, 0.2) is 66.7 Å². The molecule has 1 saturated carbocycles. The number of piperidine rings is 1. The number of fused-ring (bicyclic) bond motifs is 5. The molecule has 3 amide bonds. The molecule has 2 aliphatic heterocycles. The predicted molar refractivity (Wildman–Crippen MR) is 125 cm³/mol. The number of carbonyl (C=O) groups is 3. The molecule has 168 valence electrons. The minimum absolute atomic E-state index is 0.0176. The molecular formula is C28H28N2O3. The van der Waals surface area contributed by atoms with E-state index in [0.29, 0.717) is 17.2 Å². The molecule has 2 heterocycles. The van der Waals surface area contributed by atoms with E-state index in [2.05, 4.69) is 36.4 Å². The lowest BCUT2D eigenvalue weighted by atomic mass is 9.85. The van der Waals surface area contributed by atoms with Crippen molar-refractivity contribution in [1.82, 2.24) is 4.90 Å². The van der Waals surface area contributed by atoms with Crippen LogP contribution in [0.5, 0.6) is 0 Å². The topological polar surface area (TPSA) is 57.7 Å². The van der Waals surface area contributed by atoms with E-state index in [-0.39, 0.29) is 41.4 Å². The van der Waals surface area contributed by atoms with Gasteiger partial charge in [-0.05, 0) is 67.2 Å². The van der Waals surface area contributed by atoms with Crippen molar-refractivity contribution in [1.29, 1.82) is 0 Å². The van der Waals surface area contributed by atoms with Crippen molar-refractivity contribution in [3.05, 3.63) is 77.9 Å². The molecule has 0 N–H and O–H groups in total. The number of anilines is 1. The van der Waals surface area contributed by atoms with Gasteiger partial charge in [0.2, 0.25) is 11.8 Å². The molecule has 0 radical (unpaired) electrons. The molecule has 33 heavy (non-hydrogen) atoms. The Hall–Kier alpha value is -3.21. The number of rotatable bonds is 4. The molecule has 2 aromatic carbocycles. The van der Waals surface area contributed by atoms with Crippen molar-refractivity contribution in [2.24, 2.45) is 29.6 Å². The summed E-state index contributed by atoms with van der Waals surface area (Å²) in [6.45, 7) is 1.47. The molecule has 2 saturated heterocycles. The van der Waals surface area contributed by atoms with Gasteiger partial charge in [-0.25, -0.2) is 4.90 Å². The molecule has 2 bridgehead atoms. The minimum atomic E-state index is -0.226. The fourth-order valence-corrected chi connectivity index (χ4v) is 6.41. The Morgan fingerprint density at radius 1 is 0.848 bits per heavy atom. The average Bonchev–Trinajstić information content (AvgIpc) is 3.53. The molecule has 2 aromatic rings. The number of imide groups is 1. The SMILES string of the molecule is O=C(c1cccc(N2C(=O)C3C4C=CC(C4)C3C2=O)c1)N1CCC(Cc2ccccc2)CC1. The summed E-state index contributed by atoms with van der Waals surface area (Å²) in [7, 11) is 0. The average molecular weight is 441 g/mol. The summed E-state index contributed by atoms with van der Waals surface area (Å²) in [6, 6.07) is 17.6. The number of likely N-dealkylation sites (tertiary alicyclic amines) is 1. The lowest BCUT2D eigenvalue weighted by Gasteiger charge is -2.32. The summed E-state index contributed by atoms with van der Waals surface area (Å²) >= 11 is 0. The Morgan fingerprint density at radius 2 is 1.52 bits per heavy atom. The van der Waals surface area contributed by atoms with Crippen LogP contribution in [0, 0.1) is 29.6 Å². The lowest BCUT2D eigenvalue weighted by Crippen LogP contribution is -2.39. The first-order valence-corrected chi connectivity index (χ1v) is 12.1. The van der Waals surface area contributed by atoms with E-state index < -0.39 is 0 Å². The smallest absolute Gasteiger partial charge is 0.253 e. The zero-order chi connectivity index (χ0) is 22.5. The maximum atomic E-state index is 13.2. The number of carbonyl (C=O) groups excluding carboxylic acids is 3. The summed E-state index contributed by atoms with van der Waals surface area (Å²) in [5.74, 6) is 0.279. The first-order chi connectivity index (χ1) is 16.1. The lowest BCUT2D eigenvalue weighted by molar-refractivity contribution is -0.123. The van der Waals surface area contributed by atoms with Gasteiger partial charge < -0.3 is 4.90 Å². The molecule has 0 spiro atoms. The Kier molecular flexibility index (Phi) is 4.93. The highest BCUT2D eigenvalue weighted by atomic mass is 16.2. The second kappa shape index (κ2) is 7.98. The fourth-order valence-electron chi connectivity index (χ4n) is 6.41. The minimum Gasteiger partial charge on any atom is -0.339 e. The van der Waals surface area contributed by atoms with Gasteiger partial charge in [-0.3, -0.25) is 14.4 Å². The van der Waals surface area contributed by atoms with Gasteiger partial charge in [-0.15, -0.1) is 0 Å². The zero-order valence-electron chi connectivity index (χ0n) is 18.6. The predicted octanol–water partition coefficient (Wildman–Crippen LogP) is 4.09. The van der Waals surface area contributed by atoms with E-state index in [0.717, 1.165) is 38.8 Å². The number of allylic oxidation sites excluding steroid dienone is 2. The van der Waals surface area contributed by atoms with E-state index in [9.17, 15) is 14.4 Å². The fraction of sp³-hybridized carbons (Fsp3) is 0.393. The Balaban J connectivity index is 1.14. The van der Waals surface area contributed by atoms with Gasteiger partial charge in [0.1, 0.15) is 0 Å². The summed E-state index contributed by atoms with van der Waals surface area (Å²) in [4.78, 5) is 42.7. The maximum absolute atomic E-state index is 13.2. The maximum Gasteiger partial charge on any atom is 0.253 e. The highest BCUT2D eigenvalue weighted by Crippen LogP contribution is 2.53. The molecule has 3 fully saturated rings. The van der Waals surface area contributed by atoms with E-state index in [1.54, 1.807) is 24.3 Å². The van der Waals surface area contributed by atoms with Crippen LogP contribution in [-0.2, 0) is 16.0 Å². The van der Waals surface area contributed by atoms with Gasteiger partial charge >= 0.3 is 0 Å². The van der Waals surface area contributed by atoms with Gasteiger partial charge in [0.15, 0.2) is 0 Å². The van der Waals surface area contributed by atoms with E-state index in [4.69, 9.17) is 0 Å². The summed E-state index contributed by atoms with van der Waals surface area (Å²) in [6.07, 6.45) is 8.14. The monoisotopic (exact) mass is 440 g/mol. The summed E-state index contributed by atoms with van der Waals surface area (Å²) in [5.41, 5.74) is 2.43. The molecule has 4 unspecified atom stereocenters. The highest BCUT2D eigenvalue weighted by molar-refractivity contribution is 6.23. The molecule has 5 nitrogen and oxygen atoms in total. The van der Waals surface area contributed by atoms with Crippen LogP contribution >= 0.6 is 0 Å². The normalized spacial score (nSPS) is 28.6. The molecule has 6 rings (SSSR count). The third kappa shape index (κ3) is 3.41. The van der Waals surface area contributed by atoms with Gasteiger partial charge in [0.25, 0.3) is 5.91 Å². The largest absolute Gasteiger partial charge is 0.339 e. The number of benzene rings is 2. The highest BCUT2D eigenvalue weighted by Gasteiger charge is 2.59. The van der Waals surface area contributed by atoms with Crippen LogP contribution in [0.4, 0.5) is 5.69 Å². The molecular weight excluding hydrogens is 412 g/mol. The molecule has 4 atom stereocenters. The third-order valence-corrected chi connectivity index (χ3v) is 8.09. The first-order valence-electron chi connectivity index (χ1n) is 12.1. The zero-order valence-corrected chi connectivity index (χ0v) is 18.6. The number of hydrogen-bond acceptors (Lipinski definition) is 3. The second-order valence-corrected chi connectivity index (χ2v) is 9.99. The van der Waals surface area contributed by atoms with E-state index in [1.807, 2.05) is 11.0 Å². The third-order valence-electron chi connectivity index (χ3n) is 8.09. The Bertz CT molecular complexity index is 1100. The number of hydrogen-bond donors (Lipinski definition) is 0. The van der Waals surface area contributed by atoms with E-state index in [1.165, 1.54) is 10.5 Å². The Labute approximate surface area is 194 Å². The van der Waals surface area contributed by atoms with Crippen LogP contribution in [0.1, 0.15) is 35.2 Å². The van der Waals surface area contributed by atoms with Crippen LogP contribution in [0.25, 0.3) is 0 Å². The quantitative estimate of drug-likeness (QED) is 0.532. The van der Waals surface area contributed by atoms with Crippen molar-refractivity contribution < 1.29 is 14.4 Å².